The van der Waals surface area contributed by atoms with E-state index in [9.17, 15) is 18.8 Å². The summed E-state index contributed by atoms with van der Waals surface area (Å²) in [6.07, 6.45) is 0. The largest absolute Gasteiger partial charge is 0.321 e. The van der Waals surface area contributed by atoms with Crippen LogP contribution in [0, 0.1) is 29.9 Å². The SMILES string of the molecule is Cc1cccc(NC(=O)C(C#N)=C(SCc2ccc(F)cc2Cl)SCc2ccc(F)cc2Cl)c1. The molecule has 0 saturated heterocycles. The molecule has 0 spiro atoms. The number of hydrogen-bond donors (Lipinski definition) is 1. The Morgan fingerprint density at radius 3 is 1.97 bits per heavy atom. The van der Waals surface area contributed by atoms with Crippen molar-refractivity contribution >= 4 is 58.3 Å². The lowest BCUT2D eigenvalue weighted by atomic mass is 10.2. The van der Waals surface area contributed by atoms with Crippen LogP contribution in [0.5, 0.6) is 0 Å². The van der Waals surface area contributed by atoms with Crippen molar-refractivity contribution in [3.8, 4) is 6.07 Å². The van der Waals surface area contributed by atoms with Crippen molar-refractivity contribution in [2.45, 2.75) is 18.4 Å². The maximum absolute atomic E-state index is 13.4. The van der Waals surface area contributed by atoms with Crippen LogP contribution in [0.1, 0.15) is 16.7 Å². The molecule has 0 saturated carbocycles. The van der Waals surface area contributed by atoms with Crippen LogP contribution in [0.3, 0.4) is 0 Å². The maximum atomic E-state index is 13.4. The van der Waals surface area contributed by atoms with Crippen LogP contribution in [0.2, 0.25) is 10.0 Å². The molecule has 0 atom stereocenters. The first-order chi connectivity index (χ1) is 16.3. The zero-order valence-corrected chi connectivity index (χ0v) is 21.0. The van der Waals surface area contributed by atoms with E-state index in [0.717, 1.165) is 5.56 Å². The monoisotopic (exact) mass is 534 g/mol. The van der Waals surface area contributed by atoms with Gasteiger partial charge in [-0.2, -0.15) is 5.26 Å². The highest BCUT2D eigenvalue weighted by atomic mass is 35.5. The highest BCUT2D eigenvalue weighted by molar-refractivity contribution is 8.21. The number of rotatable bonds is 8. The number of halogens is 4. The number of carbonyl (C=O) groups is 1. The molecule has 1 N–H and O–H groups in total. The van der Waals surface area contributed by atoms with Crippen molar-refractivity contribution in [2.24, 2.45) is 0 Å². The molecule has 0 fully saturated rings. The molecule has 0 unspecified atom stereocenters. The van der Waals surface area contributed by atoms with Gasteiger partial charge in [0.25, 0.3) is 5.91 Å². The van der Waals surface area contributed by atoms with Gasteiger partial charge in [-0.3, -0.25) is 4.79 Å². The minimum Gasteiger partial charge on any atom is -0.321 e. The van der Waals surface area contributed by atoms with E-state index in [0.29, 0.717) is 32.6 Å². The highest BCUT2D eigenvalue weighted by Gasteiger charge is 2.19. The van der Waals surface area contributed by atoms with E-state index in [1.165, 1.54) is 47.8 Å². The summed E-state index contributed by atoms with van der Waals surface area (Å²) >= 11 is 14.8. The Hall–Kier alpha value is -2.50. The molecule has 0 aliphatic rings. The molecule has 0 aliphatic carbocycles. The quantitative estimate of drug-likeness (QED) is 0.234. The summed E-state index contributed by atoms with van der Waals surface area (Å²) in [6, 6.07) is 17.4. The number of nitrogens with zero attached hydrogens (tertiary/aromatic N) is 1. The Morgan fingerprint density at radius 2 is 1.50 bits per heavy atom. The molecule has 0 aliphatic heterocycles. The number of benzene rings is 3. The van der Waals surface area contributed by atoms with E-state index >= 15 is 0 Å². The summed E-state index contributed by atoms with van der Waals surface area (Å²) in [5.74, 6) is -0.850. The van der Waals surface area contributed by atoms with Gasteiger partial charge < -0.3 is 5.32 Å². The highest BCUT2D eigenvalue weighted by Crippen LogP contribution is 2.38. The molecule has 0 radical (unpaired) electrons. The average molecular weight is 535 g/mol. The molecule has 9 heteroatoms. The normalized spacial score (nSPS) is 10.5. The van der Waals surface area contributed by atoms with Crippen molar-refractivity contribution in [3.63, 3.8) is 0 Å². The zero-order valence-electron chi connectivity index (χ0n) is 17.9. The van der Waals surface area contributed by atoms with Gasteiger partial charge in [0.15, 0.2) is 0 Å². The average Bonchev–Trinajstić information content (AvgIpc) is 2.77. The molecule has 3 aromatic rings. The van der Waals surface area contributed by atoms with Crippen LogP contribution in [0.15, 0.2) is 70.5 Å². The van der Waals surface area contributed by atoms with Crippen molar-refractivity contribution < 1.29 is 13.6 Å². The summed E-state index contributed by atoms with van der Waals surface area (Å²) in [4.78, 5) is 13.0. The summed E-state index contributed by atoms with van der Waals surface area (Å²) < 4.78 is 27.2. The van der Waals surface area contributed by atoms with E-state index in [4.69, 9.17) is 23.2 Å². The molecular formula is C25H18Cl2F2N2OS2. The minimum absolute atomic E-state index is 0.0759. The first-order valence-corrected chi connectivity index (χ1v) is 12.7. The summed E-state index contributed by atoms with van der Waals surface area (Å²) in [5.41, 5.74) is 2.76. The summed E-state index contributed by atoms with van der Waals surface area (Å²) in [7, 11) is 0. The van der Waals surface area contributed by atoms with Crippen LogP contribution >= 0.6 is 46.7 Å². The van der Waals surface area contributed by atoms with Crippen LogP contribution in [-0.2, 0) is 16.3 Å². The van der Waals surface area contributed by atoms with Gasteiger partial charge in [-0.25, -0.2) is 8.78 Å². The number of anilines is 1. The van der Waals surface area contributed by atoms with E-state index in [1.54, 1.807) is 30.3 Å². The summed E-state index contributed by atoms with van der Waals surface area (Å²) in [5, 5.41) is 13.1. The Kier molecular flexibility index (Phi) is 9.43. The third-order valence-corrected chi connectivity index (χ3v) is 7.82. The number of aryl methyl sites for hydroxylation is 1. The molecule has 0 bridgehead atoms. The Labute approximate surface area is 215 Å². The van der Waals surface area contributed by atoms with Gasteiger partial charge in [-0.05, 0) is 60.0 Å². The number of thioether (sulfide) groups is 2. The third-order valence-electron chi connectivity index (χ3n) is 4.57. The maximum Gasteiger partial charge on any atom is 0.268 e. The van der Waals surface area contributed by atoms with Gasteiger partial charge >= 0.3 is 0 Å². The van der Waals surface area contributed by atoms with Gasteiger partial charge in [0.2, 0.25) is 0 Å². The topological polar surface area (TPSA) is 52.9 Å². The molecule has 3 rings (SSSR count). The Balaban J connectivity index is 1.88. The molecule has 0 aromatic heterocycles. The lowest BCUT2D eigenvalue weighted by Gasteiger charge is -2.12. The number of nitriles is 1. The standard InChI is InChI=1S/C25H18Cl2F2N2OS2/c1-15-3-2-4-20(9-15)31-24(32)21(12-30)25(33-13-16-5-7-18(28)10-22(16)26)34-14-17-6-8-19(29)11-23(17)27/h2-11H,13-14H2,1H3,(H,31,32). The predicted molar refractivity (Wildman–Crippen MR) is 138 cm³/mol. The first kappa shape index (κ1) is 26.1. The molecule has 0 heterocycles. The Bertz CT molecular complexity index is 1230. The fourth-order valence-electron chi connectivity index (χ4n) is 2.86. The van der Waals surface area contributed by atoms with Gasteiger partial charge in [0, 0.05) is 27.2 Å². The second kappa shape index (κ2) is 12.3. The van der Waals surface area contributed by atoms with Crippen LogP contribution in [-0.4, -0.2) is 5.91 Å². The van der Waals surface area contributed by atoms with Crippen LogP contribution in [0.4, 0.5) is 14.5 Å². The van der Waals surface area contributed by atoms with E-state index < -0.39 is 17.5 Å². The minimum atomic E-state index is -0.557. The van der Waals surface area contributed by atoms with Gasteiger partial charge in [-0.15, -0.1) is 23.5 Å². The smallest absolute Gasteiger partial charge is 0.268 e. The number of hydrogen-bond acceptors (Lipinski definition) is 4. The fraction of sp³-hybridized carbons (Fsp3) is 0.120. The molecule has 34 heavy (non-hydrogen) atoms. The lowest BCUT2D eigenvalue weighted by molar-refractivity contribution is -0.112. The lowest BCUT2D eigenvalue weighted by Crippen LogP contribution is -2.14. The summed E-state index contributed by atoms with van der Waals surface area (Å²) in [6.45, 7) is 1.90. The number of nitrogens with one attached hydrogen (secondary N) is 1. The van der Waals surface area contributed by atoms with Crippen molar-refractivity contribution in [1.82, 2.24) is 0 Å². The van der Waals surface area contributed by atoms with Crippen molar-refractivity contribution in [1.29, 1.82) is 5.26 Å². The third kappa shape index (κ3) is 7.25. The second-order valence-electron chi connectivity index (χ2n) is 7.15. The van der Waals surface area contributed by atoms with Gasteiger partial charge in [0.1, 0.15) is 23.3 Å². The molecule has 3 nitrogen and oxygen atoms in total. The van der Waals surface area contributed by atoms with Crippen LogP contribution < -0.4 is 5.32 Å². The van der Waals surface area contributed by atoms with Crippen molar-refractivity contribution in [2.75, 3.05) is 5.32 Å². The number of amides is 1. The van der Waals surface area contributed by atoms with E-state index in [1.807, 2.05) is 19.1 Å². The van der Waals surface area contributed by atoms with E-state index in [-0.39, 0.29) is 15.6 Å². The first-order valence-electron chi connectivity index (χ1n) is 9.92. The second-order valence-corrected chi connectivity index (χ2v) is 10.2. The van der Waals surface area contributed by atoms with Crippen LogP contribution in [0.25, 0.3) is 0 Å². The number of carbonyl (C=O) groups excluding carboxylic acids is 1. The fourth-order valence-corrected chi connectivity index (χ4v) is 5.81. The molecular weight excluding hydrogens is 517 g/mol. The Morgan fingerprint density at radius 1 is 0.941 bits per heavy atom. The van der Waals surface area contributed by atoms with Crippen molar-refractivity contribution in [3.05, 3.63) is 109 Å². The molecule has 1 amide bonds. The predicted octanol–water partition coefficient (Wildman–Crippen LogP) is 8.12. The van der Waals surface area contributed by atoms with Gasteiger partial charge in [0.05, 0.1) is 4.24 Å². The molecule has 3 aromatic carbocycles. The van der Waals surface area contributed by atoms with Gasteiger partial charge in [-0.1, -0.05) is 47.5 Å². The van der Waals surface area contributed by atoms with E-state index in [2.05, 4.69) is 5.32 Å². The molecule has 174 valence electrons. The zero-order chi connectivity index (χ0) is 24.7.